The van der Waals surface area contributed by atoms with Crippen molar-refractivity contribution in [2.24, 2.45) is 7.05 Å². The van der Waals surface area contributed by atoms with Gasteiger partial charge < -0.3 is 14.6 Å². The summed E-state index contributed by atoms with van der Waals surface area (Å²) >= 11 is 13.3. The van der Waals surface area contributed by atoms with Crippen LogP contribution in [0.15, 0.2) is 41.6 Å². The van der Waals surface area contributed by atoms with Crippen LogP contribution < -0.4 is 10.1 Å². The van der Waals surface area contributed by atoms with Crippen LogP contribution in [0.3, 0.4) is 0 Å². The second-order valence-electron chi connectivity index (χ2n) is 7.40. The number of ether oxygens (including phenoxy) is 1. The zero-order chi connectivity index (χ0) is 22.5. The van der Waals surface area contributed by atoms with E-state index in [1.54, 1.807) is 18.2 Å². The molecule has 0 bridgehead atoms. The van der Waals surface area contributed by atoms with Gasteiger partial charge in [-0.25, -0.2) is 0 Å². The number of aryl methyl sites for hydroxylation is 1. The maximum atomic E-state index is 12.3. The second kappa shape index (κ2) is 10.4. The number of hydrogen-bond donors (Lipinski definition) is 1. The van der Waals surface area contributed by atoms with E-state index in [0.717, 1.165) is 16.9 Å². The molecule has 31 heavy (non-hydrogen) atoms. The molecule has 1 aromatic heterocycles. The predicted molar refractivity (Wildman–Crippen MR) is 126 cm³/mol. The number of rotatable bonds is 8. The van der Waals surface area contributed by atoms with E-state index in [9.17, 15) is 4.79 Å². The molecular weight excluding hydrogens is 455 g/mol. The number of thioether (sulfide) groups is 1. The molecule has 0 aliphatic heterocycles. The van der Waals surface area contributed by atoms with Crippen molar-refractivity contribution in [3.63, 3.8) is 0 Å². The molecule has 3 rings (SSSR count). The van der Waals surface area contributed by atoms with Gasteiger partial charge in [-0.2, -0.15) is 0 Å². The number of carbonyl (C=O) groups is 1. The molecule has 2 aromatic carbocycles. The van der Waals surface area contributed by atoms with E-state index < -0.39 is 0 Å². The van der Waals surface area contributed by atoms with E-state index in [1.807, 2.05) is 24.6 Å². The first-order chi connectivity index (χ1) is 14.7. The summed E-state index contributed by atoms with van der Waals surface area (Å²) in [7, 11) is 1.85. The highest BCUT2D eigenvalue weighted by molar-refractivity contribution is 7.99. The predicted octanol–water partition coefficient (Wildman–Crippen LogP) is 5.86. The number of nitrogens with zero attached hydrogens (tertiary/aromatic N) is 3. The van der Waals surface area contributed by atoms with Crippen molar-refractivity contribution < 1.29 is 9.53 Å². The minimum absolute atomic E-state index is 0.158. The maximum absolute atomic E-state index is 12.3. The molecule has 0 saturated carbocycles. The Bertz CT molecular complexity index is 1090. The third kappa shape index (κ3) is 6.15. The van der Waals surface area contributed by atoms with Crippen molar-refractivity contribution in [1.29, 1.82) is 0 Å². The van der Waals surface area contributed by atoms with Gasteiger partial charge in [0, 0.05) is 12.1 Å². The summed E-state index contributed by atoms with van der Waals surface area (Å²) < 4.78 is 7.88. The number of amides is 1. The van der Waals surface area contributed by atoms with Gasteiger partial charge >= 0.3 is 0 Å². The quantitative estimate of drug-likeness (QED) is 0.410. The molecule has 9 heteroatoms. The summed E-state index contributed by atoms with van der Waals surface area (Å²) in [6.07, 6.45) is 0. The fraction of sp³-hybridized carbons (Fsp3) is 0.318. The summed E-state index contributed by atoms with van der Waals surface area (Å²) in [5.74, 6) is 1.83. The summed E-state index contributed by atoms with van der Waals surface area (Å²) in [6.45, 7) is 6.60. The number of anilines is 1. The Kier molecular flexibility index (Phi) is 7.86. The Hall–Kier alpha value is -2.22. The van der Waals surface area contributed by atoms with Crippen molar-refractivity contribution in [1.82, 2.24) is 14.8 Å². The summed E-state index contributed by atoms with van der Waals surface area (Å²) in [5, 5.41) is 12.7. The highest BCUT2D eigenvalue weighted by atomic mass is 35.5. The molecule has 0 fully saturated rings. The second-order valence-corrected chi connectivity index (χ2v) is 9.19. The molecular formula is C22H24Cl2N4O2S. The molecule has 6 nitrogen and oxygen atoms in total. The largest absolute Gasteiger partial charge is 0.485 e. The molecule has 0 atom stereocenters. The molecule has 0 aliphatic rings. The van der Waals surface area contributed by atoms with Gasteiger partial charge in [0.2, 0.25) is 5.91 Å². The van der Waals surface area contributed by atoms with E-state index in [2.05, 4.69) is 41.5 Å². The number of hydrogen-bond acceptors (Lipinski definition) is 5. The van der Waals surface area contributed by atoms with E-state index >= 15 is 0 Å². The number of aromatic nitrogens is 3. The summed E-state index contributed by atoms with van der Waals surface area (Å²) in [4.78, 5) is 12.3. The van der Waals surface area contributed by atoms with Gasteiger partial charge in [0.25, 0.3) is 0 Å². The number of benzene rings is 2. The van der Waals surface area contributed by atoms with Crippen molar-refractivity contribution >= 4 is 46.6 Å². The Labute approximate surface area is 196 Å². The normalized spacial score (nSPS) is 11.1. The lowest BCUT2D eigenvalue weighted by molar-refractivity contribution is -0.113. The van der Waals surface area contributed by atoms with Crippen LogP contribution in [0.2, 0.25) is 10.0 Å². The SMILES string of the molecule is Cc1ccc(C(C)C)c(OCc2nnc(SCC(=O)Nc3cc(Cl)ccc3Cl)n2C)c1. The van der Waals surface area contributed by atoms with Crippen LogP contribution in [0, 0.1) is 6.92 Å². The van der Waals surface area contributed by atoms with Crippen molar-refractivity contribution in [2.45, 2.75) is 38.5 Å². The molecule has 164 valence electrons. The van der Waals surface area contributed by atoms with Crippen LogP contribution in [0.25, 0.3) is 0 Å². The summed E-state index contributed by atoms with van der Waals surface area (Å²) in [5.41, 5.74) is 2.77. The zero-order valence-corrected chi connectivity index (χ0v) is 20.1. The highest BCUT2D eigenvalue weighted by Gasteiger charge is 2.15. The Balaban J connectivity index is 1.60. The van der Waals surface area contributed by atoms with Crippen LogP contribution in [-0.4, -0.2) is 26.4 Å². The zero-order valence-electron chi connectivity index (χ0n) is 17.8. The molecule has 0 radical (unpaired) electrons. The third-order valence-corrected chi connectivity index (χ3v) is 6.19. The van der Waals surface area contributed by atoms with Gasteiger partial charge in [0.1, 0.15) is 12.4 Å². The van der Waals surface area contributed by atoms with Gasteiger partial charge in [0.05, 0.1) is 16.5 Å². The average molecular weight is 479 g/mol. The van der Waals surface area contributed by atoms with Gasteiger partial charge in [0.15, 0.2) is 11.0 Å². The highest BCUT2D eigenvalue weighted by Crippen LogP contribution is 2.29. The van der Waals surface area contributed by atoms with Crippen LogP contribution in [-0.2, 0) is 18.4 Å². The third-order valence-electron chi connectivity index (χ3n) is 4.61. The van der Waals surface area contributed by atoms with Crippen LogP contribution in [0.5, 0.6) is 5.75 Å². The molecule has 0 spiro atoms. The lowest BCUT2D eigenvalue weighted by atomic mass is 10.0. The first kappa shape index (κ1) is 23.4. The lowest BCUT2D eigenvalue weighted by Gasteiger charge is -2.14. The van der Waals surface area contributed by atoms with Gasteiger partial charge in [-0.3, -0.25) is 4.79 Å². The van der Waals surface area contributed by atoms with Crippen LogP contribution in [0.1, 0.15) is 36.7 Å². The fourth-order valence-electron chi connectivity index (χ4n) is 2.89. The summed E-state index contributed by atoms with van der Waals surface area (Å²) in [6, 6.07) is 11.1. The first-order valence-electron chi connectivity index (χ1n) is 9.74. The number of nitrogens with one attached hydrogen (secondary N) is 1. The van der Waals surface area contributed by atoms with Crippen LogP contribution >= 0.6 is 35.0 Å². The fourth-order valence-corrected chi connectivity index (χ4v) is 3.96. The minimum Gasteiger partial charge on any atom is -0.485 e. The minimum atomic E-state index is -0.212. The Morgan fingerprint density at radius 2 is 1.97 bits per heavy atom. The molecule has 1 amide bonds. The maximum Gasteiger partial charge on any atom is 0.234 e. The standard InChI is InChI=1S/C22H24Cl2N4O2S/c1-13(2)16-7-5-14(3)9-19(16)30-11-20-26-27-22(28(20)4)31-12-21(29)25-18-10-15(23)6-8-17(18)24/h5-10,13H,11-12H2,1-4H3,(H,25,29). The number of halogens is 2. The molecule has 1 N–H and O–H groups in total. The average Bonchev–Trinajstić information content (AvgIpc) is 3.07. The Morgan fingerprint density at radius 3 is 2.71 bits per heavy atom. The van der Waals surface area contributed by atoms with Crippen molar-refractivity contribution in [3.05, 3.63) is 63.4 Å². The van der Waals surface area contributed by atoms with Gasteiger partial charge in [-0.15, -0.1) is 10.2 Å². The molecule has 1 heterocycles. The molecule has 0 aliphatic carbocycles. The van der Waals surface area contributed by atoms with E-state index in [0.29, 0.717) is 32.6 Å². The lowest BCUT2D eigenvalue weighted by Crippen LogP contribution is -2.15. The van der Waals surface area contributed by atoms with E-state index in [-0.39, 0.29) is 18.3 Å². The van der Waals surface area contributed by atoms with Crippen molar-refractivity contribution in [2.75, 3.05) is 11.1 Å². The Morgan fingerprint density at radius 1 is 1.19 bits per heavy atom. The van der Waals surface area contributed by atoms with Gasteiger partial charge in [-0.05, 0) is 48.2 Å². The van der Waals surface area contributed by atoms with E-state index in [1.165, 1.54) is 11.8 Å². The van der Waals surface area contributed by atoms with Crippen LogP contribution in [0.4, 0.5) is 5.69 Å². The molecule has 0 unspecified atom stereocenters. The van der Waals surface area contributed by atoms with Crippen molar-refractivity contribution in [3.8, 4) is 5.75 Å². The molecule has 3 aromatic rings. The monoisotopic (exact) mass is 478 g/mol. The first-order valence-corrected chi connectivity index (χ1v) is 11.5. The van der Waals surface area contributed by atoms with Gasteiger partial charge in [-0.1, -0.05) is 60.9 Å². The van der Waals surface area contributed by atoms with E-state index in [4.69, 9.17) is 27.9 Å². The smallest absolute Gasteiger partial charge is 0.234 e. The topological polar surface area (TPSA) is 69.0 Å². The molecule has 0 saturated heterocycles. The number of carbonyl (C=O) groups excluding carboxylic acids is 1.